The summed E-state index contributed by atoms with van der Waals surface area (Å²) in [5.41, 5.74) is 4.05. The molecule has 7 nitrogen and oxygen atoms in total. The van der Waals surface area contributed by atoms with Crippen LogP contribution in [-0.2, 0) is 16.2 Å². The molecule has 0 atom stereocenters. The number of hydrogen-bond acceptors (Lipinski definition) is 5. The minimum absolute atomic E-state index is 0.227. The molecular formula is C23H19Cl2N3O4. The second kappa shape index (κ2) is 11.2. The van der Waals surface area contributed by atoms with Gasteiger partial charge in [0.05, 0.1) is 13.3 Å². The van der Waals surface area contributed by atoms with Gasteiger partial charge in [0.1, 0.15) is 18.1 Å². The van der Waals surface area contributed by atoms with Crippen LogP contribution in [0.15, 0.2) is 71.8 Å². The zero-order valence-electron chi connectivity index (χ0n) is 17.0. The van der Waals surface area contributed by atoms with Crippen LogP contribution in [0.25, 0.3) is 0 Å². The Hall–Kier alpha value is -3.55. The van der Waals surface area contributed by atoms with Gasteiger partial charge in [-0.15, -0.1) is 0 Å². The van der Waals surface area contributed by atoms with Crippen molar-refractivity contribution in [3.05, 3.63) is 87.9 Å². The first-order valence-electron chi connectivity index (χ1n) is 9.40. The summed E-state index contributed by atoms with van der Waals surface area (Å²) >= 11 is 12.3. The number of methoxy groups -OCH3 is 1. The lowest BCUT2D eigenvalue weighted by Crippen LogP contribution is -2.32. The van der Waals surface area contributed by atoms with Crippen molar-refractivity contribution in [2.75, 3.05) is 12.4 Å². The molecular weight excluding hydrogens is 453 g/mol. The number of anilines is 1. The van der Waals surface area contributed by atoms with Crippen molar-refractivity contribution < 1.29 is 19.1 Å². The number of hydrogen-bond donors (Lipinski definition) is 2. The Morgan fingerprint density at radius 1 is 0.906 bits per heavy atom. The van der Waals surface area contributed by atoms with E-state index < -0.39 is 11.8 Å². The fraction of sp³-hybridized carbons (Fsp3) is 0.0870. The normalized spacial score (nSPS) is 10.6. The average molecular weight is 472 g/mol. The molecule has 0 saturated heterocycles. The Morgan fingerprint density at radius 3 is 2.16 bits per heavy atom. The molecule has 0 saturated carbocycles. The summed E-state index contributed by atoms with van der Waals surface area (Å²) in [6, 6.07) is 18.8. The topological polar surface area (TPSA) is 89.0 Å². The van der Waals surface area contributed by atoms with Crippen LogP contribution in [0.5, 0.6) is 11.5 Å². The van der Waals surface area contributed by atoms with Gasteiger partial charge in [0.2, 0.25) is 0 Å². The number of carbonyl (C=O) groups excluding carboxylic acids is 2. The van der Waals surface area contributed by atoms with E-state index in [1.54, 1.807) is 66.7 Å². The number of hydrazone groups is 1. The lowest BCUT2D eigenvalue weighted by molar-refractivity contribution is -0.136. The maximum absolute atomic E-state index is 11.9. The van der Waals surface area contributed by atoms with E-state index in [9.17, 15) is 9.59 Å². The molecule has 0 aliphatic rings. The van der Waals surface area contributed by atoms with E-state index in [1.165, 1.54) is 13.3 Å². The number of halogens is 2. The van der Waals surface area contributed by atoms with Crippen LogP contribution >= 0.6 is 23.2 Å². The quantitative estimate of drug-likeness (QED) is 0.297. The van der Waals surface area contributed by atoms with Gasteiger partial charge in [-0.2, -0.15) is 5.10 Å². The highest BCUT2D eigenvalue weighted by Gasteiger charge is 2.12. The molecule has 0 heterocycles. The Kier molecular flexibility index (Phi) is 8.08. The third kappa shape index (κ3) is 6.47. The summed E-state index contributed by atoms with van der Waals surface area (Å²) in [4.78, 5) is 23.8. The summed E-state index contributed by atoms with van der Waals surface area (Å²) in [7, 11) is 1.54. The van der Waals surface area contributed by atoms with Gasteiger partial charge in [-0.1, -0.05) is 29.3 Å². The number of benzene rings is 3. The maximum atomic E-state index is 11.9. The predicted octanol–water partition coefficient (Wildman–Crippen LogP) is 4.67. The van der Waals surface area contributed by atoms with Gasteiger partial charge in [-0.05, 0) is 66.2 Å². The Bertz CT molecular complexity index is 1100. The van der Waals surface area contributed by atoms with Gasteiger partial charge >= 0.3 is 11.8 Å². The molecule has 3 aromatic rings. The summed E-state index contributed by atoms with van der Waals surface area (Å²) in [5, 5.41) is 7.34. The van der Waals surface area contributed by atoms with Crippen LogP contribution in [0, 0.1) is 0 Å². The monoisotopic (exact) mass is 471 g/mol. The van der Waals surface area contributed by atoms with Gasteiger partial charge in [0.15, 0.2) is 0 Å². The molecule has 0 spiro atoms. The second-order valence-corrected chi connectivity index (χ2v) is 7.25. The van der Waals surface area contributed by atoms with Crippen LogP contribution in [0.4, 0.5) is 5.69 Å². The van der Waals surface area contributed by atoms with Gasteiger partial charge < -0.3 is 14.8 Å². The fourth-order valence-electron chi connectivity index (χ4n) is 2.55. The van der Waals surface area contributed by atoms with Crippen molar-refractivity contribution in [1.29, 1.82) is 0 Å². The summed E-state index contributed by atoms with van der Waals surface area (Å²) in [6.45, 7) is 0.227. The van der Waals surface area contributed by atoms with Crippen molar-refractivity contribution in [1.82, 2.24) is 5.43 Å². The molecule has 2 N–H and O–H groups in total. The molecule has 164 valence electrons. The average Bonchev–Trinajstić information content (AvgIpc) is 2.80. The predicted molar refractivity (Wildman–Crippen MR) is 125 cm³/mol. The van der Waals surface area contributed by atoms with E-state index in [-0.39, 0.29) is 6.61 Å². The van der Waals surface area contributed by atoms with Crippen molar-refractivity contribution in [3.63, 3.8) is 0 Å². The first-order valence-corrected chi connectivity index (χ1v) is 10.2. The lowest BCUT2D eigenvalue weighted by atomic mass is 10.2. The summed E-state index contributed by atoms with van der Waals surface area (Å²) < 4.78 is 10.7. The molecule has 2 amide bonds. The van der Waals surface area contributed by atoms with Gasteiger partial charge in [-0.25, -0.2) is 5.43 Å². The molecule has 0 aliphatic heterocycles. The largest absolute Gasteiger partial charge is 0.497 e. The van der Waals surface area contributed by atoms with Crippen molar-refractivity contribution in [2.24, 2.45) is 5.10 Å². The highest BCUT2D eigenvalue weighted by Crippen LogP contribution is 2.25. The van der Waals surface area contributed by atoms with E-state index in [1.807, 2.05) is 0 Å². The van der Waals surface area contributed by atoms with Crippen LogP contribution < -0.4 is 20.2 Å². The van der Waals surface area contributed by atoms with Crippen molar-refractivity contribution in [3.8, 4) is 11.5 Å². The molecule has 0 bridgehead atoms. The Morgan fingerprint density at radius 2 is 1.53 bits per heavy atom. The fourth-order valence-corrected chi connectivity index (χ4v) is 3.06. The van der Waals surface area contributed by atoms with Crippen molar-refractivity contribution in [2.45, 2.75) is 6.61 Å². The van der Waals surface area contributed by atoms with Crippen LogP contribution in [0.1, 0.15) is 11.1 Å². The molecule has 0 radical (unpaired) electrons. The summed E-state index contributed by atoms with van der Waals surface area (Å²) in [6.07, 6.45) is 1.41. The smallest absolute Gasteiger partial charge is 0.329 e. The number of nitrogens with zero attached hydrogens (tertiary/aromatic N) is 1. The van der Waals surface area contributed by atoms with Crippen LogP contribution in [-0.4, -0.2) is 25.1 Å². The lowest BCUT2D eigenvalue weighted by Gasteiger charge is -2.09. The van der Waals surface area contributed by atoms with Crippen molar-refractivity contribution >= 4 is 46.9 Å². The maximum Gasteiger partial charge on any atom is 0.329 e. The van der Waals surface area contributed by atoms with E-state index >= 15 is 0 Å². The minimum Gasteiger partial charge on any atom is -0.497 e. The zero-order valence-corrected chi connectivity index (χ0v) is 18.5. The SMILES string of the molecule is COc1ccc(NC(=O)C(=O)N/N=C/c2ccc(OCc3c(Cl)cccc3Cl)cc2)cc1. The van der Waals surface area contributed by atoms with E-state index in [0.717, 1.165) is 0 Å². The zero-order chi connectivity index (χ0) is 22.9. The molecule has 0 aromatic heterocycles. The number of ether oxygens (including phenoxy) is 2. The number of rotatable bonds is 7. The first kappa shape index (κ1) is 23.1. The number of nitrogens with one attached hydrogen (secondary N) is 2. The minimum atomic E-state index is -0.895. The molecule has 3 rings (SSSR count). The molecule has 32 heavy (non-hydrogen) atoms. The standard InChI is InChI=1S/C23H19Cl2N3O4/c1-31-17-11-7-16(8-12-17)27-22(29)23(30)28-26-13-15-5-9-18(10-6-15)32-14-19-20(24)3-2-4-21(19)25/h2-13H,14H2,1H3,(H,27,29)(H,28,30)/b26-13+. The Balaban J connectivity index is 1.48. The Labute approximate surface area is 194 Å². The third-order valence-electron chi connectivity index (χ3n) is 4.26. The highest BCUT2D eigenvalue weighted by atomic mass is 35.5. The first-order chi connectivity index (χ1) is 15.5. The van der Waals surface area contributed by atoms with E-state index in [0.29, 0.717) is 38.4 Å². The highest BCUT2D eigenvalue weighted by molar-refractivity contribution is 6.39. The third-order valence-corrected chi connectivity index (χ3v) is 4.97. The second-order valence-electron chi connectivity index (χ2n) is 6.44. The number of amides is 2. The molecule has 3 aromatic carbocycles. The van der Waals surface area contributed by atoms with E-state index in [2.05, 4.69) is 15.8 Å². The molecule has 9 heteroatoms. The van der Waals surface area contributed by atoms with E-state index in [4.69, 9.17) is 32.7 Å². The van der Waals surface area contributed by atoms with Crippen LogP contribution in [0.2, 0.25) is 10.0 Å². The molecule has 0 fully saturated rings. The number of carbonyl (C=O) groups is 2. The van der Waals surface area contributed by atoms with Crippen LogP contribution in [0.3, 0.4) is 0 Å². The summed E-state index contributed by atoms with van der Waals surface area (Å²) in [5.74, 6) is -0.481. The molecule has 0 unspecified atom stereocenters. The van der Waals surface area contributed by atoms with Gasteiger partial charge in [-0.3, -0.25) is 9.59 Å². The molecule has 0 aliphatic carbocycles. The van der Waals surface area contributed by atoms with Gasteiger partial charge in [0, 0.05) is 21.3 Å². The van der Waals surface area contributed by atoms with Gasteiger partial charge in [0.25, 0.3) is 0 Å².